The lowest BCUT2D eigenvalue weighted by Crippen LogP contribution is -2.01. The zero-order valence-electron chi connectivity index (χ0n) is 12.0. The highest BCUT2D eigenvalue weighted by Crippen LogP contribution is 1.93. The molecule has 0 bridgehead atoms. The van der Waals surface area contributed by atoms with Crippen LogP contribution in [0.15, 0.2) is 24.4 Å². The van der Waals surface area contributed by atoms with Crippen molar-refractivity contribution in [1.29, 1.82) is 0 Å². The summed E-state index contributed by atoms with van der Waals surface area (Å²) in [5, 5.41) is 15.9. The van der Waals surface area contributed by atoms with Crippen molar-refractivity contribution in [3.05, 3.63) is 30.1 Å². The SMILES string of the molecule is CCO.CCOC(C)=O.O.O=C(O)Cc1ccccn1. The second-order valence-corrected chi connectivity index (χ2v) is 3.13. The first kappa shape index (κ1) is 23.1. The van der Waals surface area contributed by atoms with Crippen LogP contribution in [-0.4, -0.2) is 45.8 Å². The van der Waals surface area contributed by atoms with Crippen molar-refractivity contribution >= 4 is 11.9 Å². The molecule has 1 aromatic rings. The highest BCUT2D eigenvalue weighted by Gasteiger charge is 1.98. The van der Waals surface area contributed by atoms with Crippen LogP contribution in [0.25, 0.3) is 0 Å². The van der Waals surface area contributed by atoms with E-state index in [1.165, 1.54) is 6.92 Å². The molecule has 0 aromatic carbocycles. The highest BCUT2D eigenvalue weighted by atomic mass is 16.5. The van der Waals surface area contributed by atoms with Gasteiger partial charge in [0.15, 0.2) is 0 Å². The molecular formula is C13H23NO6. The van der Waals surface area contributed by atoms with E-state index in [9.17, 15) is 9.59 Å². The molecule has 0 saturated heterocycles. The summed E-state index contributed by atoms with van der Waals surface area (Å²) in [6.07, 6.45) is 1.58. The quantitative estimate of drug-likeness (QED) is 0.777. The Labute approximate surface area is 118 Å². The molecule has 4 N–H and O–H groups in total. The second kappa shape index (κ2) is 17.0. The lowest BCUT2D eigenvalue weighted by Gasteiger charge is -1.91. The van der Waals surface area contributed by atoms with Gasteiger partial charge in [0.2, 0.25) is 0 Å². The van der Waals surface area contributed by atoms with Crippen molar-refractivity contribution in [2.24, 2.45) is 0 Å². The number of esters is 1. The molecule has 0 unspecified atom stereocenters. The first-order valence-electron chi connectivity index (χ1n) is 5.83. The largest absolute Gasteiger partial charge is 0.481 e. The fraction of sp³-hybridized carbons (Fsp3) is 0.462. The van der Waals surface area contributed by atoms with Crippen LogP contribution in [0.4, 0.5) is 0 Å². The van der Waals surface area contributed by atoms with Crippen LogP contribution in [0.5, 0.6) is 0 Å². The third-order valence-corrected chi connectivity index (χ3v) is 1.41. The van der Waals surface area contributed by atoms with Gasteiger partial charge in [-0.2, -0.15) is 0 Å². The summed E-state index contributed by atoms with van der Waals surface area (Å²) in [4.78, 5) is 23.8. The molecule has 1 aromatic heterocycles. The number of rotatable bonds is 3. The van der Waals surface area contributed by atoms with Crippen molar-refractivity contribution in [2.75, 3.05) is 13.2 Å². The van der Waals surface area contributed by atoms with Gasteiger partial charge in [-0.25, -0.2) is 0 Å². The Hall–Kier alpha value is -1.99. The van der Waals surface area contributed by atoms with Gasteiger partial charge in [-0.15, -0.1) is 0 Å². The van der Waals surface area contributed by atoms with E-state index in [-0.39, 0.29) is 24.5 Å². The summed E-state index contributed by atoms with van der Waals surface area (Å²) >= 11 is 0. The molecule has 116 valence electrons. The van der Waals surface area contributed by atoms with E-state index in [2.05, 4.69) is 9.72 Å². The van der Waals surface area contributed by atoms with Gasteiger partial charge in [-0.3, -0.25) is 14.6 Å². The van der Waals surface area contributed by atoms with E-state index in [0.717, 1.165) is 0 Å². The molecule has 0 fully saturated rings. The number of ether oxygens (including phenoxy) is 1. The van der Waals surface area contributed by atoms with Crippen LogP contribution < -0.4 is 0 Å². The maximum absolute atomic E-state index is 10.1. The van der Waals surface area contributed by atoms with Crippen LogP contribution in [0, 0.1) is 0 Å². The number of hydrogen-bond acceptors (Lipinski definition) is 5. The van der Waals surface area contributed by atoms with E-state index >= 15 is 0 Å². The molecule has 0 amide bonds. The minimum Gasteiger partial charge on any atom is -0.481 e. The third kappa shape index (κ3) is 21.3. The number of pyridine rings is 1. The van der Waals surface area contributed by atoms with E-state index < -0.39 is 5.97 Å². The van der Waals surface area contributed by atoms with Crippen molar-refractivity contribution < 1.29 is 30.0 Å². The maximum atomic E-state index is 10.1. The standard InChI is InChI=1S/C7H7NO2.C4H8O2.C2H6O.H2O/c9-7(10)5-6-3-1-2-4-8-6;1-3-6-4(2)5;1-2-3;/h1-4H,5H2,(H,9,10);3H2,1-2H3;3H,2H2,1H3;1H2. The average Bonchev–Trinajstić information content (AvgIpc) is 2.31. The van der Waals surface area contributed by atoms with Gasteiger partial charge in [0, 0.05) is 19.7 Å². The van der Waals surface area contributed by atoms with Crippen LogP contribution in [0.2, 0.25) is 0 Å². The maximum Gasteiger partial charge on any atom is 0.309 e. The van der Waals surface area contributed by atoms with Crippen molar-refractivity contribution in [3.63, 3.8) is 0 Å². The van der Waals surface area contributed by atoms with E-state index in [0.29, 0.717) is 12.3 Å². The Morgan fingerprint density at radius 2 is 1.85 bits per heavy atom. The predicted octanol–water partition coefficient (Wildman–Crippen LogP) is 0.452. The predicted molar refractivity (Wildman–Crippen MR) is 74.3 cm³/mol. The van der Waals surface area contributed by atoms with E-state index in [4.69, 9.17) is 10.2 Å². The number of carboxylic acid groups (broad SMARTS) is 1. The molecule has 0 radical (unpaired) electrons. The molecular weight excluding hydrogens is 266 g/mol. The number of nitrogens with zero attached hydrogens (tertiary/aromatic N) is 1. The normalized spacial score (nSPS) is 7.80. The van der Waals surface area contributed by atoms with Gasteiger partial charge in [0.25, 0.3) is 0 Å². The fourth-order valence-electron chi connectivity index (χ4n) is 0.861. The van der Waals surface area contributed by atoms with Crippen molar-refractivity contribution in [1.82, 2.24) is 4.98 Å². The summed E-state index contributed by atoms with van der Waals surface area (Å²) in [5.41, 5.74) is 0.593. The summed E-state index contributed by atoms with van der Waals surface area (Å²) in [5.74, 6) is -1.06. The Morgan fingerprint density at radius 3 is 2.10 bits per heavy atom. The van der Waals surface area contributed by atoms with Gasteiger partial charge in [-0.05, 0) is 26.0 Å². The number of carboxylic acids is 1. The monoisotopic (exact) mass is 289 g/mol. The Bertz CT molecular complexity index is 342. The molecule has 0 aliphatic carbocycles. The summed E-state index contributed by atoms with van der Waals surface area (Å²) < 4.78 is 4.40. The van der Waals surface area contributed by atoms with Gasteiger partial charge in [0.1, 0.15) is 0 Å². The Morgan fingerprint density at radius 1 is 1.30 bits per heavy atom. The minimum absolute atomic E-state index is 0. The van der Waals surface area contributed by atoms with Crippen molar-refractivity contribution in [3.8, 4) is 0 Å². The minimum atomic E-state index is -0.848. The third-order valence-electron chi connectivity index (χ3n) is 1.41. The number of aliphatic carboxylic acids is 1. The van der Waals surface area contributed by atoms with Gasteiger partial charge in [-0.1, -0.05) is 6.07 Å². The fourth-order valence-corrected chi connectivity index (χ4v) is 0.861. The average molecular weight is 289 g/mol. The summed E-state index contributed by atoms with van der Waals surface area (Å²) in [6.45, 7) is 5.58. The molecule has 0 saturated carbocycles. The van der Waals surface area contributed by atoms with Crippen LogP contribution in [0.3, 0.4) is 0 Å². The number of hydrogen-bond donors (Lipinski definition) is 2. The Balaban J connectivity index is -0.000000251. The van der Waals surface area contributed by atoms with Gasteiger partial charge < -0.3 is 20.4 Å². The lowest BCUT2D eigenvalue weighted by molar-refractivity contribution is -0.140. The topological polar surface area (TPSA) is 128 Å². The molecule has 7 heteroatoms. The lowest BCUT2D eigenvalue weighted by atomic mass is 10.3. The molecule has 0 spiro atoms. The number of aliphatic hydroxyl groups excluding tert-OH is 1. The zero-order chi connectivity index (χ0) is 15.1. The van der Waals surface area contributed by atoms with Crippen molar-refractivity contribution in [2.45, 2.75) is 27.2 Å². The molecule has 0 aliphatic heterocycles. The summed E-state index contributed by atoms with van der Waals surface area (Å²) in [7, 11) is 0. The molecule has 1 heterocycles. The summed E-state index contributed by atoms with van der Waals surface area (Å²) in [6, 6.07) is 5.21. The molecule has 0 aliphatic rings. The molecule has 1 rings (SSSR count). The zero-order valence-corrected chi connectivity index (χ0v) is 12.0. The van der Waals surface area contributed by atoms with E-state index in [1.807, 2.05) is 0 Å². The smallest absolute Gasteiger partial charge is 0.309 e. The second-order valence-electron chi connectivity index (χ2n) is 3.13. The number of carbonyl (C=O) groups is 2. The van der Waals surface area contributed by atoms with Crippen LogP contribution in [0.1, 0.15) is 26.5 Å². The number of aromatic nitrogens is 1. The number of aliphatic hydroxyl groups is 1. The number of carbonyl (C=O) groups excluding carboxylic acids is 1. The van der Waals surface area contributed by atoms with Crippen LogP contribution in [-0.2, 0) is 20.7 Å². The van der Waals surface area contributed by atoms with Gasteiger partial charge >= 0.3 is 11.9 Å². The molecule has 7 nitrogen and oxygen atoms in total. The van der Waals surface area contributed by atoms with Gasteiger partial charge in [0.05, 0.1) is 18.7 Å². The molecule has 20 heavy (non-hydrogen) atoms. The highest BCUT2D eigenvalue weighted by molar-refractivity contribution is 5.69. The first-order chi connectivity index (χ1) is 8.97. The Kier molecular flexibility index (Phi) is 19.7. The first-order valence-corrected chi connectivity index (χ1v) is 5.83. The van der Waals surface area contributed by atoms with Crippen LogP contribution >= 0.6 is 0 Å². The molecule has 0 atom stereocenters. The van der Waals surface area contributed by atoms with E-state index in [1.54, 1.807) is 38.2 Å².